The Balaban J connectivity index is 2.83. The smallest absolute Gasteiger partial charge is 0.183 e. The quantitative estimate of drug-likeness (QED) is 0.527. The van der Waals surface area contributed by atoms with Crippen LogP contribution >= 0.6 is 0 Å². The molecule has 1 atom stereocenters. The number of hydrogen-bond donors (Lipinski definition) is 1. The van der Waals surface area contributed by atoms with Crippen LogP contribution in [0.15, 0.2) is 0 Å². The van der Waals surface area contributed by atoms with Crippen LogP contribution in [0.2, 0.25) is 0 Å². The molecule has 0 aromatic carbocycles. The van der Waals surface area contributed by atoms with Gasteiger partial charge in [0.2, 0.25) is 0 Å². The van der Waals surface area contributed by atoms with Gasteiger partial charge in [0.05, 0.1) is 0 Å². The number of ether oxygens (including phenoxy) is 1. The average molecular weight is 108 g/mol. The predicted octanol–water partition coefficient (Wildman–Crippen LogP) is 0.311. The summed E-state index contributed by atoms with van der Waals surface area (Å²) in [4.78, 5) is 0. The molecule has 0 aromatic heterocycles. The first kappa shape index (κ1) is 6.85. The molecule has 0 aliphatic carbocycles. The molecule has 0 amide bonds. The molecule has 1 unspecified atom stereocenters. The van der Waals surface area contributed by atoms with Gasteiger partial charge in [-0.2, -0.15) is 0 Å². The molecule has 1 N–H and O–H groups in total. The maximum absolute atomic E-state index is 11.2. The topological polar surface area (TPSA) is 29.5 Å². The van der Waals surface area contributed by atoms with Crippen LogP contribution in [0.3, 0.4) is 0 Å². The summed E-state index contributed by atoms with van der Waals surface area (Å²) in [6.45, 7) is 1.22. The van der Waals surface area contributed by atoms with Gasteiger partial charge in [0.1, 0.15) is 6.67 Å². The lowest BCUT2D eigenvalue weighted by Crippen LogP contribution is -2.13. The molecule has 0 spiro atoms. The zero-order valence-corrected chi connectivity index (χ0v) is 4.22. The summed E-state index contributed by atoms with van der Waals surface area (Å²) >= 11 is 0. The summed E-state index contributed by atoms with van der Waals surface area (Å²) in [5, 5.41) is 8.26. The average Bonchev–Trinajstić information content (AvgIpc) is 1.68. The molecule has 0 saturated carbocycles. The molecule has 2 nitrogen and oxygen atoms in total. The van der Waals surface area contributed by atoms with Gasteiger partial charge in [-0.25, -0.2) is 4.39 Å². The highest BCUT2D eigenvalue weighted by atomic mass is 19.1. The zero-order valence-electron chi connectivity index (χ0n) is 4.22. The van der Waals surface area contributed by atoms with Gasteiger partial charge in [0.25, 0.3) is 0 Å². The largest absolute Gasteiger partial charge is 0.366 e. The number of aliphatic hydroxyl groups is 1. The molecule has 0 saturated heterocycles. The molecule has 0 fully saturated rings. The van der Waals surface area contributed by atoms with E-state index in [-0.39, 0.29) is 0 Å². The van der Waals surface area contributed by atoms with Crippen LogP contribution in [0.25, 0.3) is 0 Å². The number of aliphatic hydroxyl groups excluding tert-OH is 1. The second-order valence-electron chi connectivity index (χ2n) is 1.06. The van der Waals surface area contributed by atoms with Crippen molar-refractivity contribution in [2.75, 3.05) is 13.3 Å². The summed E-state index contributed by atoms with van der Waals surface area (Å²) in [6, 6.07) is 0. The van der Waals surface area contributed by atoms with Gasteiger partial charge in [-0.15, -0.1) is 0 Å². The third kappa shape index (κ3) is 3.69. The third-order valence-electron chi connectivity index (χ3n) is 0.491. The highest BCUT2D eigenvalue weighted by molar-refractivity contribution is 4.30. The lowest BCUT2D eigenvalue weighted by Gasteiger charge is -2.02. The van der Waals surface area contributed by atoms with Crippen molar-refractivity contribution in [2.24, 2.45) is 0 Å². The first-order chi connectivity index (χ1) is 3.31. The maximum Gasteiger partial charge on any atom is 0.183 e. The van der Waals surface area contributed by atoms with Gasteiger partial charge in [-0.05, 0) is 6.92 Å². The van der Waals surface area contributed by atoms with E-state index < -0.39 is 13.0 Å². The van der Waals surface area contributed by atoms with E-state index in [0.717, 1.165) is 0 Å². The minimum absolute atomic E-state index is 0.352. The fourth-order valence-electron chi connectivity index (χ4n) is 0.237. The van der Waals surface area contributed by atoms with Gasteiger partial charge < -0.3 is 9.84 Å². The van der Waals surface area contributed by atoms with Crippen LogP contribution in [-0.2, 0) is 4.74 Å². The predicted molar refractivity (Wildman–Crippen MR) is 23.6 cm³/mol. The Hall–Kier alpha value is -0.150. The Morgan fingerprint density at radius 1 is 1.86 bits per heavy atom. The van der Waals surface area contributed by atoms with Crippen molar-refractivity contribution in [3.8, 4) is 0 Å². The second kappa shape index (κ2) is 4.02. The highest BCUT2D eigenvalue weighted by Gasteiger charge is 1.97. The molecule has 0 aliphatic rings. The molecule has 0 heterocycles. The van der Waals surface area contributed by atoms with Gasteiger partial charge in [-0.1, -0.05) is 0 Å². The fourth-order valence-corrected chi connectivity index (χ4v) is 0.237. The van der Waals surface area contributed by atoms with E-state index in [1.807, 2.05) is 0 Å². The van der Waals surface area contributed by atoms with Crippen molar-refractivity contribution in [1.29, 1.82) is 0 Å². The third-order valence-corrected chi connectivity index (χ3v) is 0.491. The summed E-state index contributed by atoms with van der Waals surface area (Å²) in [6.07, 6.45) is -1.22. The summed E-state index contributed by atoms with van der Waals surface area (Å²) in [5.74, 6) is 0. The molecule has 0 radical (unpaired) electrons. The molecule has 0 aromatic rings. The maximum atomic E-state index is 11.2. The van der Waals surface area contributed by atoms with Crippen molar-refractivity contribution < 1.29 is 14.2 Å². The highest BCUT2D eigenvalue weighted by Crippen LogP contribution is 1.84. The van der Waals surface area contributed by atoms with E-state index in [9.17, 15) is 4.39 Å². The van der Waals surface area contributed by atoms with Gasteiger partial charge >= 0.3 is 0 Å². The monoisotopic (exact) mass is 108 g/mol. The van der Waals surface area contributed by atoms with Crippen LogP contribution in [0.4, 0.5) is 4.39 Å². The second-order valence-corrected chi connectivity index (χ2v) is 1.06. The van der Waals surface area contributed by atoms with Crippen LogP contribution in [0.5, 0.6) is 0 Å². The van der Waals surface area contributed by atoms with Crippen molar-refractivity contribution in [1.82, 2.24) is 0 Å². The zero-order chi connectivity index (χ0) is 5.70. The van der Waals surface area contributed by atoms with Crippen LogP contribution < -0.4 is 0 Å². The lowest BCUT2D eigenvalue weighted by atomic mass is 10.7. The fraction of sp³-hybridized carbons (Fsp3) is 1.00. The number of rotatable bonds is 3. The van der Waals surface area contributed by atoms with Crippen LogP contribution in [-0.4, -0.2) is 24.7 Å². The van der Waals surface area contributed by atoms with E-state index in [1.54, 1.807) is 6.92 Å². The minimum Gasteiger partial charge on any atom is -0.366 e. The van der Waals surface area contributed by atoms with E-state index in [0.29, 0.717) is 6.61 Å². The summed E-state index contributed by atoms with van der Waals surface area (Å²) in [5.41, 5.74) is 0. The van der Waals surface area contributed by atoms with Gasteiger partial charge in [0.15, 0.2) is 6.29 Å². The van der Waals surface area contributed by atoms with E-state index in [1.165, 1.54) is 0 Å². The van der Waals surface area contributed by atoms with Crippen LogP contribution in [0.1, 0.15) is 6.92 Å². The molecular weight excluding hydrogens is 99.0 g/mol. The Labute approximate surface area is 41.9 Å². The van der Waals surface area contributed by atoms with Crippen molar-refractivity contribution in [2.45, 2.75) is 13.2 Å². The minimum atomic E-state index is -1.22. The first-order valence-corrected chi connectivity index (χ1v) is 2.17. The van der Waals surface area contributed by atoms with Crippen molar-refractivity contribution in [3.63, 3.8) is 0 Å². The molecule has 3 heteroatoms. The molecule has 0 rings (SSSR count). The van der Waals surface area contributed by atoms with Gasteiger partial charge in [-0.3, -0.25) is 0 Å². The van der Waals surface area contributed by atoms with Crippen molar-refractivity contribution in [3.05, 3.63) is 0 Å². The number of halogens is 1. The Kier molecular flexibility index (Phi) is 3.93. The van der Waals surface area contributed by atoms with Gasteiger partial charge in [0, 0.05) is 6.61 Å². The molecular formula is C4H9FO2. The number of alkyl halides is 1. The first-order valence-electron chi connectivity index (χ1n) is 2.17. The Morgan fingerprint density at radius 3 is 2.57 bits per heavy atom. The van der Waals surface area contributed by atoms with E-state index in [2.05, 4.69) is 4.74 Å². The van der Waals surface area contributed by atoms with E-state index >= 15 is 0 Å². The molecule has 7 heavy (non-hydrogen) atoms. The van der Waals surface area contributed by atoms with E-state index in [4.69, 9.17) is 5.11 Å². The molecule has 0 bridgehead atoms. The van der Waals surface area contributed by atoms with Crippen LogP contribution in [0, 0.1) is 0 Å². The Morgan fingerprint density at radius 2 is 2.43 bits per heavy atom. The SMILES string of the molecule is CCOC(O)CF. The normalized spacial score (nSPS) is 14.1. The lowest BCUT2D eigenvalue weighted by molar-refractivity contribution is -0.105. The summed E-state index contributed by atoms with van der Waals surface area (Å²) < 4.78 is 15.6. The molecule has 44 valence electrons. The number of hydrogen-bond acceptors (Lipinski definition) is 2. The van der Waals surface area contributed by atoms with Crippen molar-refractivity contribution >= 4 is 0 Å². The molecule has 0 aliphatic heterocycles. The standard InChI is InChI=1S/C4H9FO2/c1-2-7-4(6)3-5/h4,6H,2-3H2,1H3. The Bertz CT molecular complexity index is 40.7. The summed E-state index contributed by atoms with van der Waals surface area (Å²) in [7, 11) is 0.